The van der Waals surface area contributed by atoms with Gasteiger partial charge in [-0.05, 0) is 23.8 Å². The van der Waals surface area contributed by atoms with Gasteiger partial charge >= 0.3 is 0 Å². The maximum Gasteiger partial charge on any atom is 0.166 e. The molecule has 1 N–H and O–H groups in total. The molecule has 0 aliphatic carbocycles. The number of aromatic hydroxyl groups is 1. The van der Waals surface area contributed by atoms with Crippen LogP contribution in [0.4, 0.5) is 0 Å². The fourth-order valence-electron chi connectivity index (χ4n) is 2.65. The minimum absolute atomic E-state index is 0.136. The zero-order valence-corrected chi connectivity index (χ0v) is 11.5. The highest BCUT2D eigenvalue weighted by atomic mass is 16.5. The molecule has 0 aliphatic rings. The lowest BCUT2D eigenvalue weighted by Crippen LogP contribution is -2.00. The minimum Gasteiger partial charge on any atom is -0.504 e. The fourth-order valence-corrected chi connectivity index (χ4v) is 2.65. The van der Waals surface area contributed by atoms with Gasteiger partial charge in [-0.25, -0.2) is 0 Å². The number of ether oxygens (including phenoxy) is 1. The molecule has 3 nitrogen and oxygen atoms in total. The van der Waals surface area contributed by atoms with E-state index in [-0.39, 0.29) is 5.75 Å². The van der Waals surface area contributed by atoms with Crippen LogP contribution in [0.5, 0.6) is 11.5 Å². The second-order valence-electron chi connectivity index (χ2n) is 4.44. The van der Waals surface area contributed by atoms with Gasteiger partial charge in [0.1, 0.15) is 0 Å². The van der Waals surface area contributed by atoms with E-state index in [9.17, 15) is 9.90 Å². The zero-order valence-electron chi connectivity index (χ0n) is 11.5. The molecule has 0 saturated carbocycles. The average molecular weight is 258 g/mol. The lowest BCUT2D eigenvalue weighted by atomic mass is 9.92. The third kappa shape index (κ3) is 1.95. The minimum atomic E-state index is 0.136. The van der Waals surface area contributed by atoms with Crippen LogP contribution in [0.1, 0.15) is 35.3 Å². The van der Waals surface area contributed by atoms with Gasteiger partial charge < -0.3 is 9.84 Å². The van der Waals surface area contributed by atoms with Crippen molar-refractivity contribution in [2.24, 2.45) is 0 Å². The van der Waals surface area contributed by atoms with Gasteiger partial charge in [-0.2, -0.15) is 0 Å². The first-order valence-electron chi connectivity index (χ1n) is 6.48. The standard InChI is InChI=1S/C16H18O3/c1-4-10-7-6-8-12-13(9-17)11(5-2)16(19-3)15(18)14(10)12/h6-9,18H,4-5H2,1-3H3. The van der Waals surface area contributed by atoms with E-state index in [4.69, 9.17) is 4.74 Å². The molecule has 0 radical (unpaired) electrons. The van der Waals surface area contributed by atoms with Crippen LogP contribution < -0.4 is 4.74 Å². The Balaban J connectivity index is 3.03. The number of rotatable bonds is 4. The fraction of sp³-hybridized carbons (Fsp3) is 0.312. The van der Waals surface area contributed by atoms with E-state index in [1.54, 1.807) is 0 Å². The van der Waals surface area contributed by atoms with Crippen LogP contribution in [-0.4, -0.2) is 18.5 Å². The highest BCUT2D eigenvalue weighted by Gasteiger charge is 2.19. The number of carbonyl (C=O) groups excluding carboxylic acids is 1. The third-order valence-electron chi connectivity index (χ3n) is 3.55. The summed E-state index contributed by atoms with van der Waals surface area (Å²) in [5.74, 6) is 0.551. The van der Waals surface area contributed by atoms with Crippen LogP contribution in [0.3, 0.4) is 0 Å². The summed E-state index contributed by atoms with van der Waals surface area (Å²) in [6.07, 6.45) is 2.28. The molecule has 2 rings (SSSR count). The largest absolute Gasteiger partial charge is 0.504 e. The van der Waals surface area contributed by atoms with E-state index >= 15 is 0 Å². The number of hydrogen-bond acceptors (Lipinski definition) is 3. The van der Waals surface area contributed by atoms with Gasteiger partial charge in [0.25, 0.3) is 0 Å². The molecule has 3 heteroatoms. The van der Waals surface area contributed by atoms with Crippen molar-refractivity contribution < 1.29 is 14.6 Å². The molecule has 2 aromatic rings. The third-order valence-corrected chi connectivity index (χ3v) is 3.55. The Labute approximate surface area is 112 Å². The average Bonchev–Trinajstić information content (AvgIpc) is 2.46. The van der Waals surface area contributed by atoms with E-state index in [1.807, 2.05) is 32.0 Å². The van der Waals surface area contributed by atoms with Crippen molar-refractivity contribution in [3.63, 3.8) is 0 Å². The Bertz CT molecular complexity index is 630. The summed E-state index contributed by atoms with van der Waals surface area (Å²) in [5.41, 5.74) is 2.39. The number of fused-ring (bicyclic) bond motifs is 1. The Hall–Kier alpha value is -2.03. The second kappa shape index (κ2) is 5.31. The number of aryl methyl sites for hydroxylation is 1. The summed E-state index contributed by atoms with van der Waals surface area (Å²) in [6.45, 7) is 3.97. The molecule has 0 saturated heterocycles. The van der Waals surface area contributed by atoms with E-state index in [0.29, 0.717) is 17.7 Å². The quantitative estimate of drug-likeness (QED) is 0.854. The number of phenolic OH excluding ortho intramolecular Hbond substituents is 1. The highest BCUT2D eigenvalue weighted by molar-refractivity contribution is 6.05. The maximum atomic E-state index is 11.4. The van der Waals surface area contributed by atoms with Crippen molar-refractivity contribution >= 4 is 17.1 Å². The first-order chi connectivity index (χ1) is 9.19. The summed E-state index contributed by atoms with van der Waals surface area (Å²) in [4.78, 5) is 11.4. The lowest BCUT2D eigenvalue weighted by molar-refractivity contribution is 0.112. The van der Waals surface area contributed by atoms with Crippen LogP contribution >= 0.6 is 0 Å². The molecule has 0 fully saturated rings. The molecule has 100 valence electrons. The smallest absolute Gasteiger partial charge is 0.166 e. The van der Waals surface area contributed by atoms with Gasteiger partial charge in [-0.3, -0.25) is 4.79 Å². The Morgan fingerprint density at radius 1 is 1.26 bits per heavy atom. The number of phenols is 1. The number of benzene rings is 2. The van der Waals surface area contributed by atoms with E-state index in [1.165, 1.54) is 7.11 Å². The normalized spacial score (nSPS) is 10.7. The highest BCUT2D eigenvalue weighted by Crippen LogP contribution is 2.42. The summed E-state index contributed by atoms with van der Waals surface area (Å²) in [5, 5.41) is 12.0. The molecule has 0 aliphatic heterocycles. The van der Waals surface area contributed by atoms with Gasteiger partial charge in [-0.1, -0.05) is 32.0 Å². The molecule has 0 heterocycles. The van der Waals surface area contributed by atoms with Crippen LogP contribution in [0.15, 0.2) is 18.2 Å². The summed E-state index contributed by atoms with van der Waals surface area (Å²) < 4.78 is 5.31. The van der Waals surface area contributed by atoms with E-state index in [2.05, 4.69) is 0 Å². The molecular formula is C16H18O3. The van der Waals surface area contributed by atoms with Crippen molar-refractivity contribution in [1.82, 2.24) is 0 Å². The monoisotopic (exact) mass is 258 g/mol. The molecular weight excluding hydrogens is 240 g/mol. The number of aldehydes is 1. The topological polar surface area (TPSA) is 46.5 Å². The van der Waals surface area contributed by atoms with Crippen molar-refractivity contribution in [3.05, 3.63) is 34.9 Å². The Morgan fingerprint density at radius 2 is 2.00 bits per heavy atom. The first kappa shape index (κ1) is 13.4. The first-order valence-corrected chi connectivity index (χ1v) is 6.48. The number of methoxy groups -OCH3 is 1. The van der Waals surface area contributed by atoms with Gasteiger partial charge in [0.15, 0.2) is 17.8 Å². The second-order valence-corrected chi connectivity index (χ2v) is 4.44. The van der Waals surface area contributed by atoms with Gasteiger partial charge in [0.05, 0.1) is 7.11 Å². The molecule has 0 bridgehead atoms. The van der Waals surface area contributed by atoms with Gasteiger partial charge in [0, 0.05) is 16.5 Å². The molecule has 0 spiro atoms. The van der Waals surface area contributed by atoms with Crippen LogP contribution in [0.2, 0.25) is 0 Å². The predicted molar refractivity (Wildman–Crippen MR) is 76.3 cm³/mol. The lowest BCUT2D eigenvalue weighted by Gasteiger charge is -2.17. The summed E-state index contributed by atoms with van der Waals surface area (Å²) in [7, 11) is 1.52. The van der Waals surface area contributed by atoms with Gasteiger partial charge in [-0.15, -0.1) is 0 Å². The summed E-state index contributed by atoms with van der Waals surface area (Å²) in [6, 6.07) is 5.75. The number of hydrogen-bond donors (Lipinski definition) is 1. The Kier molecular flexibility index (Phi) is 3.74. The zero-order chi connectivity index (χ0) is 14.0. The maximum absolute atomic E-state index is 11.4. The van der Waals surface area contributed by atoms with Crippen molar-refractivity contribution in [2.45, 2.75) is 26.7 Å². The molecule has 0 unspecified atom stereocenters. The number of carbonyl (C=O) groups is 1. The van der Waals surface area contributed by atoms with Crippen LogP contribution in [0, 0.1) is 0 Å². The molecule has 0 amide bonds. The molecule has 0 atom stereocenters. The predicted octanol–water partition coefficient (Wildman–Crippen LogP) is 3.49. The molecule has 19 heavy (non-hydrogen) atoms. The van der Waals surface area contributed by atoms with Crippen LogP contribution in [0.25, 0.3) is 10.8 Å². The van der Waals surface area contributed by atoms with Crippen molar-refractivity contribution in [3.8, 4) is 11.5 Å². The summed E-state index contributed by atoms with van der Waals surface area (Å²) >= 11 is 0. The molecule has 2 aromatic carbocycles. The molecule has 0 aromatic heterocycles. The SMILES string of the molecule is CCc1c(OC)c(O)c2c(CC)cccc2c1C=O. The van der Waals surface area contributed by atoms with Gasteiger partial charge in [0.2, 0.25) is 0 Å². The Morgan fingerprint density at radius 3 is 2.53 bits per heavy atom. The van der Waals surface area contributed by atoms with Crippen molar-refractivity contribution in [2.75, 3.05) is 7.11 Å². The van der Waals surface area contributed by atoms with E-state index in [0.717, 1.165) is 34.6 Å². The van der Waals surface area contributed by atoms with Crippen LogP contribution in [-0.2, 0) is 12.8 Å². The van der Waals surface area contributed by atoms with E-state index < -0.39 is 0 Å². The van der Waals surface area contributed by atoms with Crippen molar-refractivity contribution in [1.29, 1.82) is 0 Å².